The van der Waals surface area contributed by atoms with Gasteiger partial charge in [-0.2, -0.15) is 10.5 Å². The molecular weight excluding hydrogens is 538 g/mol. The van der Waals surface area contributed by atoms with Crippen molar-refractivity contribution in [3.05, 3.63) is 130 Å². The highest BCUT2D eigenvalue weighted by molar-refractivity contribution is 9.10. The number of furan rings is 1. The molecule has 0 N–H and O–H groups in total. The smallest absolute Gasteiger partial charge is 0.238 e. The highest BCUT2D eigenvalue weighted by atomic mass is 79.9. The minimum atomic E-state index is 0.245. The summed E-state index contributed by atoms with van der Waals surface area (Å²) in [5, 5.41) is 19.3. The van der Waals surface area contributed by atoms with Crippen LogP contribution in [0.5, 0.6) is 5.75 Å². The first-order valence-electron chi connectivity index (χ1n) is 11.8. The highest BCUT2D eigenvalue weighted by Crippen LogP contribution is 2.42. The van der Waals surface area contributed by atoms with Crippen LogP contribution in [-0.4, -0.2) is 6.21 Å². The average Bonchev–Trinajstić information content (AvgIpc) is 3.35. The van der Waals surface area contributed by atoms with Gasteiger partial charge in [-0.3, -0.25) is 0 Å². The number of ether oxygens (including phenoxy) is 1. The zero-order chi connectivity index (χ0) is 26.3. The zero-order valence-electron chi connectivity index (χ0n) is 20.1. The topological polar surface area (TPSA) is 82.3 Å². The van der Waals surface area contributed by atoms with Crippen LogP contribution >= 0.6 is 15.9 Å². The zero-order valence-corrected chi connectivity index (χ0v) is 21.7. The van der Waals surface area contributed by atoms with Crippen molar-refractivity contribution < 1.29 is 9.15 Å². The molecule has 1 aromatic heterocycles. The van der Waals surface area contributed by atoms with E-state index in [1.54, 1.807) is 12.3 Å². The summed E-state index contributed by atoms with van der Waals surface area (Å²) in [6, 6.07) is 36.8. The van der Waals surface area contributed by atoms with Crippen molar-refractivity contribution in [3.8, 4) is 40.3 Å². The lowest BCUT2D eigenvalue weighted by Gasteiger charge is -2.09. The molecule has 0 spiro atoms. The molecule has 4 aromatic carbocycles. The second-order valence-electron chi connectivity index (χ2n) is 8.34. The van der Waals surface area contributed by atoms with Crippen LogP contribution in [0.15, 0.2) is 117 Å². The summed E-state index contributed by atoms with van der Waals surface area (Å²) >= 11 is 3.56. The molecule has 0 bridgehead atoms. The molecule has 0 radical (unpaired) electrons. The molecule has 0 aliphatic heterocycles. The largest absolute Gasteiger partial charge is 0.488 e. The van der Waals surface area contributed by atoms with Gasteiger partial charge in [-0.1, -0.05) is 78.9 Å². The summed E-state index contributed by atoms with van der Waals surface area (Å²) < 4.78 is 12.9. The van der Waals surface area contributed by atoms with Crippen LogP contribution in [-0.2, 0) is 6.61 Å². The Balaban J connectivity index is 1.44. The van der Waals surface area contributed by atoms with Gasteiger partial charge < -0.3 is 9.15 Å². The van der Waals surface area contributed by atoms with Crippen molar-refractivity contribution in [3.63, 3.8) is 0 Å². The van der Waals surface area contributed by atoms with Gasteiger partial charge in [0, 0.05) is 22.9 Å². The average molecular weight is 558 g/mol. The van der Waals surface area contributed by atoms with Crippen LogP contribution in [0.2, 0.25) is 0 Å². The molecule has 5 aromatic rings. The normalized spacial score (nSPS) is 10.7. The van der Waals surface area contributed by atoms with Gasteiger partial charge in [-0.15, -0.1) is 0 Å². The Bertz CT molecular complexity index is 1700. The van der Waals surface area contributed by atoms with Crippen LogP contribution in [0.1, 0.15) is 22.3 Å². The fraction of sp³-hybridized carbons (Fsp3) is 0.0312. The molecule has 5 nitrogen and oxygen atoms in total. The van der Waals surface area contributed by atoms with Crippen LogP contribution in [0.4, 0.5) is 5.88 Å². The Hall–Kier alpha value is -4.91. The van der Waals surface area contributed by atoms with Crippen LogP contribution in [0.3, 0.4) is 0 Å². The molecule has 5 rings (SSSR count). The van der Waals surface area contributed by atoms with Crippen molar-refractivity contribution in [2.45, 2.75) is 6.61 Å². The molecule has 38 heavy (non-hydrogen) atoms. The Labute approximate surface area is 229 Å². The molecule has 0 fully saturated rings. The van der Waals surface area contributed by atoms with E-state index in [9.17, 15) is 10.5 Å². The summed E-state index contributed by atoms with van der Waals surface area (Å²) in [7, 11) is 0. The van der Waals surface area contributed by atoms with E-state index in [4.69, 9.17) is 9.15 Å². The molecule has 0 amide bonds. The predicted octanol–water partition coefficient (Wildman–Crippen LogP) is 8.45. The fourth-order valence-electron chi connectivity index (χ4n) is 4.05. The number of hydrogen-bond acceptors (Lipinski definition) is 5. The summed E-state index contributed by atoms with van der Waals surface area (Å²) in [5.41, 5.74) is 5.04. The van der Waals surface area contributed by atoms with E-state index in [0.717, 1.165) is 26.7 Å². The van der Waals surface area contributed by atoms with Gasteiger partial charge in [0.1, 0.15) is 29.7 Å². The van der Waals surface area contributed by atoms with Crippen LogP contribution in [0.25, 0.3) is 22.5 Å². The van der Waals surface area contributed by atoms with Gasteiger partial charge in [0.15, 0.2) is 0 Å². The first-order valence-corrected chi connectivity index (χ1v) is 12.6. The molecule has 0 aliphatic rings. The summed E-state index contributed by atoms with van der Waals surface area (Å²) in [6.45, 7) is 0.276. The number of halogens is 1. The van der Waals surface area contributed by atoms with Gasteiger partial charge >= 0.3 is 0 Å². The third-order valence-corrected chi connectivity index (χ3v) is 6.53. The summed E-state index contributed by atoms with van der Waals surface area (Å²) in [6.07, 6.45) is 1.66. The standard InChI is InChI=1S/C32H20BrN3O2/c33-28-17-22(15-16-29(28)37-21-26-14-8-7-13-25(26)18-34)20-36-32-27(19-35)30(23-9-3-1-4-10-23)31(38-32)24-11-5-2-6-12-24/h1-17,20H,21H2. The Kier molecular flexibility index (Phi) is 7.45. The summed E-state index contributed by atoms with van der Waals surface area (Å²) in [5.74, 6) is 1.49. The lowest BCUT2D eigenvalue weighted by Crippen LogP contribution is -1.99. The molecule has 182 valence electrons. The second kappa shape index (κ2) is 11.4. The number of aliphatic imine (C=N–C) groups is 1. The van der Waals surface area contributed by atoms with Crippen LogP contribution < -0.4 is 4.74 Å². The molecule has 0 atom stereocenters. The van der Waals surface area contributed by atoms with Gasteiger partial charge in [0.2, 0.25) is 5.88 Å². The minimum Gasteiger partial charge on any atom is -0.488 e. The number of rotatable bonds is 7. The van der Waals surface area contributed by atoms with E-state index in [0.29, 0.717) is 28.2 Å². The number of nitriles is 2. The third-order valence-electron chi connectivity index (χ3n) is 5.91. The van der Waals surface area contributed by atoms with E-state index < -0.39 is 0 Å². The predicted molar refractivity (Wildman–Crippen MR) is 151 cm³/mol. The fourth-order valence-corrected chi connectivity index (χ4v) is 4.56. The van der Waals surface area contributed by atoms with Gasteiger partial charge in [-0.05, 0) is 51.3 Å². The van der Waals surface area contributed by atoms with Crippen molar-refractivity contribution in [1.29, 1.82) is 10.5 Å². The number of nitrogens with zero attached hydrogens (tertiary/aromatic N) is 3. The minimum absolute atomic E-state index is 0.245. The SMILES string of the molecule is N#Cc1ccccc1COc1ccc(C=Nc2oc(-c3ccccc3)c(-c3ccccc3)c2C#N)cc1Br. The molecule has 6 heteroatoms. The molecule has 0 unspecified atom stereocenters. The molecule has 0 saturated carbocycles. The Morgan fingerprint density at radius 2 is 1.50 bits per heavy atom. The van der Waals surface area contributed by atoms with E-state index in [-0.39, 0.29) is 12.5 Å². The molecule has 0 aliphatic carbocycles. The number of hydrogen-bond donors (Lipinski definition) is 0. The van der Waals surface area contributed by atoms with Crippen molar-refractivity contribution in [2.24, 2.45) is 4.99 Å². The van der Waals surface area contributed by atoms with E-state index >= 15 is 0 Å². The lowest BCUT2D eigenvalue weighted by molar-refractivity contribution is 0.304. The lowest BCUT2D eigenvalue weighted by atomic mass is 9.98. The van der Waals surface area contributed by atoms with E-state index in [1.165, 1.54) is 0 Å². The maximum Gasteiger partial charge on any atom is 0.238 e. The van der Waals surface area contributed by atoms with E-state index in [1.807, 2.05) is 97.1 Å². The first kappa shape index (κ1) is 24.8. The van der Waals surface area contributed by atoms with Crippen LogP contribution in [0, 0.1) is 22.7 Å². The summed E-state index contributed by atoms with van der Waals surface area (Å²) in [4.78, 5) is 4.55. The Morgan fingerprint density at radius 1 is 0.816 bits per heavy atom. The van der Waals surface area contributed by atoms with Crippen molar-refractivity contribution >= 4 is 28.0 Å². The van der Waals surface area contributed by atoms with Gasteiger partial charge in [0.25, 0.3) is 0 Å². The van der Waals surface area contributed by atoms with Gasteiger partial charge in [-0.25, -0.2) is 4.99 Å². The molecule has 0 saturated heterocycles. The van der Waals surface area contributed by atoms with Gasteiger partial charge in [0.05, 0.1) is 16.1 Å². The highest BCUT2D eigenvalue weighted by Gasteiger charge is 2.22. The maximum atomic E-state index is 10.1. The quantitative estimate of drug-likeness (QED) is 0.188. The van der Waals surface area contributed by atoms with E-state index in [2.05, 4.69) is 33.1 Å². The Morgan fingerprint density at radius 3 is 2.18 bits per heavy atom. The molecule has 1 heterocycles. The number of benzene rings is 4. The molecular formula is C32H20BrN3O2. The second-order valence-corrected chi connectivity index (χ2v) is 9.19. The van der Waals surface area contributed by atoms with Crippen molar-refractivity contribution in [2.75, 3.05) is 0 Å². The third kappa shape index (κ3) is 5.27. The van der Waals surface area contributed by atoms with Crippen molar-refractivity contribution in [1.82, 2.24) is 0 Å². The monoisotopic (exact) mass is 557 g/mol. The maximum absolute atomic E-state index is 10.1. The first-order chi connectivity index (χ1) is 18.7.